The fourth-order valence-corrected chi connectivity index (χ4v) is 1.36. The molecule has 0 aliphatic carbocycles. The molecule has 0 fully saturated rings. The molecule has 0 saturated carbocycles. The van der Waals surface area contributed by atoms with E-state index < -0.39 is 30.9 Å². The van der Waals surface area contributed by atoms with Crippen LogP contribution in [0.15, 0.2) is 48.5 Å². The van der Waals surface area contributed by atoms with Crippen LogP contribution >= 0.6 is 0 Å². The average Bonchev–Trinajstić information content (AvgIpc) is 2.51. The Kier molecular flexibility index (Phi) is 1.33. The van der Waals surface area contributed by atoms with E-state index in [-0.39, 0.29) is 29.8 Å². The minimum Gasteiger partial charge on any atom is -0.256 e. The molecule has 0 radical (unpaired) electrons. The molecule has 2 aromatic rings. The molecule has 1 unspecified atom stereocenters. The van der Waals surface area contributed by atoms with Crippen LogP contribution in [-0.4, -0.2) is 4.98 Å². The van der Waals surface area contributed by atoms with Crippen molar-refractivity contribution in [1.29, 1.82) is 0 Å². The van der Waals surface area contributed by atoms with Crippen molar-refractivity contribution in [3.63, 3.8) is 0 Å². The lowest BCUT2D eigenvalue weighted by molar-refractivity contribution is 0.646. The highest BCUT2D eigenvalue weighted by molar-refractivity contribution is 5.58. The zero-order chi connectivity index (χ0) is 19.2. The van der Waals surface area contributed by atoms with Gasteiger partial charge in [0.1, 0.15) is 0 Å². The molecule has 0 amide bonds. The standard InChI is InChI=1S/C15H17N/c1-12(2)10-13-8-9-15(16-11-13)14-6-4-3-5-7-14/h3-9,11-12H,10H2,1-2H3/i1D3,3D,4D,5D,6D,7D,12D. The number of hydrogen-bond donors (Lipinski definition) is 0. The predicted octanol–water partition coefficient (Wildman–Crippen LogP) is 3.95. The van der Waals surface area contributed by atoms with E-state index in [1.54, 1.807) is 6.07 Å². The average molecular weight is 220 g/mol. The SMILES string of the molecule is [2H]c1c([2H])c([2H])c(-c2ccc(CC([2H])(C)C([2H])([2H])[2H])cn2)c([2H])c1[2H]. The van der Waals surface area contributed by atoms with E-state index >= 15 is 0 Å². The normalized spacial score (nSPS) is 23.2. The molecule has 2 rings (SSSR count). The second-order valence-corrected chi connectivity index (χ2v) is 3.51. The number of benzene rings is 1. The first-order valence-corrected chi connectivity index (χ1v) is 4.89. The largest absolute Gasteiger partial charge is 0.256 e. The highest BCUT2D eigenvalue weighted by Gasteiger charge is 2.00. The number of rotatable bonds is 3. The molecule has 0 aliphatic heterocycles. The van der Waals surface area contributed by atoms with E-state index in [1.165, 1.54) is 19.2 Å². The van der Waals surface area contributed by atoms with Crippen molar-refractivity contribution in [3.05, 3.63) is 54.1 Å². The lowest BCUT2D eigenvalue weighted by Gasteiger charge is -2.05. The molecule has 1 aromatic heterocycles. The third kappa shape index (κ3) is 2.69. The maximum atomic E-state index is 7.96. The number of nitrogens with zero attached hydrogens (tertiary/aromatic N) is 1. The van der Waals surface area contributed by atoms with Crippen molar-refractivity contribution in [3.8, 4) is 11.3 Å². The Bertz CT molecular complexity index is 765. The zero-order valence-corrected chi connectivity index (χ0v) is 8.89. The minimum absolute atomic E-state index is 0.0120. The third-order valence-electron chi connectivity index (χ3n) is 2.05. The van der Waals surface area contributed by atoms with Gasteiger partial charge in [-0.15, -0.1) is 0 Å². The summed E-state index contributed by atoms with van der Waals surface area (Å²) in [4.78, 5) is 4.11. The van der Waals surface area contributed by atoms with Crippen LogP contribution in [0.25, 0.3) is 11.3 Å². The van der Waals surface area contributed by atoms with E-state index in [0.29, 0.717) is 5.56 Å². The van der Waals surface area contributed by atoms with Crippen molar-refractivity contribution >= 4 is 0 Å². The maximum Gasteiger partial charge on any atom is 0.0702 e. The van der Waals surface area contributed by atoms with Crippen LogP contribution in [0.1, 0.15) is 31.7 Å². The van der Waals surface area contributed by atoms with Crippen molar-refractivity contribution in [2.24, 2.45) is 5.89 Å². The Labute approximate surface area is 110 Å². The van der Waals surface area contributed by atoms with Crippen LogP contribution in [-0.2, 0) is 6.42 Å². The van der Waals surface area contributed by atoms with Gasteiger partial charge in [0.25, 0.3) is 0 Å². The van der Waals surface area contributed by atoms with Gasteiger partial charge < -0.3 is 0 Å². The smallest absolute Gasteiger partial charge is 0.0702 e. The summed E-state index contributed by atoms with van der Waals surface area (Å²) in [7, 11) is 0. The van der Waals surface area contributed by atoms with E-state index in [1.807, 2.05) is 0 Å². The quantitative estimate of drug-likeness (QED) is 0.763. The van der Waals surface area contributed by atoms with Crippen LogP contribution in [0.5, 0.6) is 0 Å². The molecule has 0 N–H and O–H groups in total. The summed E-state index contributed by atoms with van der Waals surface area (Å²) in [6, 6.07) is 0.975. The van der Waals surface area contributed by atoms with Crippen LogP contribution < -0.4 is 0 Å². The Morgan fingerprint density at radius 1 is 1.38 bits per heavy atom. The van der Waals surface area contributed by atoms with E-state index in [2.05, 4.69) is 4.98 Å². The van der Waals surface area contributed by atoms with Gasteiger partial charge in [-0.25, -0.2) is 0 Å². The molecule has 82 valence electrons. The van der Waals surface area contributed by atoms with Crippen molar-refractivity contribution < 1.29 is 12.3 Å². The van der Waals surface area contributed by atoms with Gasteiger partial charge in [0.05, 0.1) is 12.5 Å². The summed E-state index contributed by atoms with van der Waals surface area (Å²) in [5, 5.41) is 0. The molecule has 16 heavy (non-hydrogen) atoms. The molecule has 0 saturated heterocycles. The summed E-state index contributed by atoms with van der Waals surface area (Å²) >= 11 is 0. The zero-order valence-electron chi connectivity index (χ0n) is 17.9. The van der Waals surface area contributed by atoms with E-state index in [0.717, 1.165) is 0 Å². The first kappa shape index (κ1) is 4.33. The monoisotopic (exact) mass is 220 g/mol. The molecule has 1 heteroatoms. The van der Waals surface area contributed by atoms with Crippen molar-refractivity contribution in [2.75, 3.05) is 0 Å². The molecular formula is C15H17N. The molecule has 1 aromatic carbocycles. The van der Waals surface area contributed by atoms with Crippen molar-refractivity contribution in [2.45, 2.75) is 20.2 Å². The molecule has 0 bridgehead atoms. The summed E-state index contributed by atoms with van der Waals surface area (Å²) in [5.74, 6) is -1.67. The van der Waals surface area contributed by atoms with Gasteiger partial charge in [0.15, 0.2) is 0 Å². The first-order chi connectivity index (χ1) is 11.4. The van der Waals surface area contributed by atoms with Crippen LogP contribution in [0.4, 0.5) is 0 Å². The van der Waals surface area contributed by atoms with Crippen LogP contribution in [0.3, 0.4) is 0 Å². The number of hydrogen-bond acceptors (Lipinski definition) is 1. The predicted molar refractivity (Wildman–Crippen MR) is 68.2 cm³/mol. The second kappa shape index (κ2) is 4.93. The first-order valence-electron chi connectivity index (χ1n) is 9.39. The molecular weight excluding hydrogens is 194 g/mol. The number of aromatic nitrogens is 1. The van der Waals surface area contributed by atoms with Gasteiger partial charge >= 0.3 is 0 Å². The van der Waals surface area contributed by atoms with Gasteiger partial charge in [-0.2, -0.15) is 0 Å². The minimum atomic E-state index is -2.45. The van der Waals surface area contributed by atoms with Crippen LogP contribution in [0.2, 0.25) is 0 Å². The van der Waals surface area contributed by atoms with Crippen molar-refractivity contribution in [1.82, 2.24) is 4.98 Å². The van der Waals surface area contributed by atoms with Crippen LogP contribution in [0, 0.1) is 5.89 Å². The fourth-order valence-electron chi connectivity index (χ4n) is 1.36. The lowest BCUT2D eigenvalue weighted by Crippen LogP contribution is -1.95. The fraction of sp³-hybridized carbons (Fsp3) is 0.267. The molecule has 0 aliphatic rings. The second-order valence-electron chi connectivity index (χ2n) is 3.51. The summed E-state index contributed by atoms with van der Waals surface area (Å²) in [5.41, 5.74) is 0.702. The molecule has 1 atom stereocenters. The summed E-state index contributed by atoms with van der Waals surface area (Å²) < 4.78 is 69.0. The van der Waals surface area contributed by atoms with E-state index in [9.17, 15) is 0 Å². The molecule has 1 nitrogen and oxygen atoms in total. The third-order valence-corrected chi connectivity index (χ3v) is 2.05. The summed E-state index contributed by atoms with van der Waals surface area (Å²) in [6.45, 7) is -1.12. The number of pyridine rings is 1. The molecule has 0 spiro atoms. The highest BCUT2D eigenvalue weighted by atomic mass is 14.7. The van der Waals surface area contributed by atoms with Gasteiger partial charge in [-0.3, -0.25) is 4.98 Å². The Balaban J connectivity index is 2.43. The maximum absolute atomic E-state index is 7.96. The topological polar surface area (TPSA) is 12.9 Å². The lowest BCUT2D eigenvalue weighted by atomic mass is 10.0. The Hall–Kier alpha value is -1.63. The van der Waals surface area contributed by atoms with E-state index in [4.69, 9.17) is 12.3 Å². The highest BCUT2D eigenvalue weighted by Crippen LogP contribution is 2.17. The van der Waals surface area contributed by atoms with Gasteiger partial charge in [-0.1, -0.05) is 50.1 Å². The molecule has 1 heterocycles. The Morgan fingerprint density at radius 2 is 2.19 bits per heavy atom. The van der Waals surface area contributed by atoms with Gasteiger partial charge in [-0.05, 0) is 23.9 Å². The summed E-state index contributed by atoms with van der Waals surface area (Å²) in [6.07, 6.45) is 1.33. The Morgan fingerprint density at radius 3 is 2.81 bits per heavy atom. The van der Waals surface area contributed by atoms with Gasteiger partial charge in [0.2, 0.25) is 0 Å². The van der Waals surface area contributed by atoms with Gasteiger partial charge in [0, 0.05) is 17.2 Å².